The van der Waals surface area contributed by atoms with Crippen molar-refractivity contribution < 1.29 is 22.6 Å². The van der Waals surface area contributed by atoms with Crippen molar-refractivity contribution in [1.82, 2.24) is 0 Å². The number of anilines is 2. The molecule has 9 heteroatoms. The topological polar surface area (TPSA) is 125 Å². The zero-order valence-electron chi connectivity index (χ0n) is 7.13. The Labute approximate surface area is 90.4 Å². The number of rotatable bonds is 4. The van der Waals surface area contributed by atoms with Gasteiger partial charge in [-0.25, -0.2) is 0 Å². The van der Waals surface area contributed by atoms with E-state index in [4.69, 9.17) is 0 Å². The molecule has 0 amide bonds. The number of hydrogen-bond acceptors (Lipinski definition) is 5. The van der Waals surface area contributed by atoms with Crippen LogP contribution in [0.25, 0.3) is 0 Å². The molecule has 0 saturated carbocycles. The van der Waals surface area contributed by atoms with Gasteiger partial charge in [0.05, 0.1) is 5.69 Å². The van der Waals surface area contributed by atoms with Crippen molar-refractivity contribution in [2.45, 2.75) is 0 Å². The number of aromatic hydroxyl groups is 1. The molecule has 15 heavy (non-hydrogen) atoms. The van der Waals surface area contributed by atoms with Crippen molar-refractivity contribution in [3.05, 3.63) is 18.2 Å². The Hall–Kier alpha value is -1.16. The van der Waals surface area contributed by atoms with E-state index in [1.165, 1.54) is 12.1 Å². The first-order valence-corrected chi connectivity index (χ1v) is 5.69. The van der Waals surface area contributed by atoms with E-state index in [0.717, 1.165) is 6.07 Å². The predicted octanol–water partition coefficient (Wildman–Crippen LogP) is -0.196. The Morgan fingerprint density at radius 3 is 2.20 bits per heavy atom. The second-order valence-corrected chi connectivity index (χ2v) is 3.75. The van der Waals surface area contributed by atoms with Gasteiger partial charge in [0, 0.05) is 34.3 Å². The Bertz CT molecular complexity index is 411. The summed E-state index contributed by atoms with van der Waals surface area (Å²) in [7, 11) is 0. The number of phenolic OH excluding ortho intramolecular Hbond substituents is 1. The summed E-state index contributed by atoms with van der Waals surface area (Å²) in [6.45, 7) is 0. The molecule has 0 spiro atoms. The summed E-state index contributed by atoms with van der Waals surface area (Å²) in [5.41, 5.74) is 0.0913. The maximum absolute atomic E-state index is 10.2. The fraction of sp³-hybridized carbons (Fsp3) is 0. The van der Waals surface area contributed by atoms with Gasteiger partial charge in [-0.05, 0) is 12.1 Å². The normalized spacial score (nSPS) is 14.3. The van der Waals surface area contributed by atoms with Crippen LogP contribution in [0.15, 0.2) is 18.2 Å². The minimum atomic E-state index is -2.55. The molecule has 0 fully saturated rings. The number of phenols is 1. The fourth-order valence-corrected chi connectivity index (χ4v) is 1.54. The third-order valence-electron chi connectivity index (χ3n) is 1.39. The molecule has 1 aromatic rings. The lowest BCUT2D eigenvalue weighted by Crippen LogP contribution is -2.04. The van der Waals surface area contributed by atoms with Crippen molar-refractivity contribution in [3.63, 3.8) is 0 Å². The van der Waals surface area contributed by atoms with Gasteiger partial charge in [-0.3, -0.25) is 8.42 Å². The molecule has 0 radical (unpaired) electrons. The fourth-order valence-electron chi connectivity index (χ4n) is 0.867. The van der Waals surface area contributed by atoms with Crippen LogP contribution in [0.3, 0.4) is 0 Å². The van der Waals surface area contributed by atoms with Gasteiger partial charge in [-0.2, -0.15) is 0 Å². The minimum absolute atomic E-state index is 0.0365. The summed E-state index contributed by atoms with van der Waals surface area (Å²) in [6, 6.07) is 3.59. The number of nitrogens with one attached hydrogen (secondary N) is 2. The van der Waals surface area contributed by atoms with Crippen LogP contribution in [-0.4, -0.2) is 22.6 Å². The lowest BCUT2D eigenvalue weighted by molar-refractivity contribution is 0.477. The maximum atomic E-state index is 10.2. The highest BCUT2D eigenvalue weighted by atomic mass is 32.2. The molecule has 84 valence electrons. The SMILES string of the molecule is O=S([O-])Nc1ccc(NS(=O)[O-])c(O)c1. The van der Waals surface area contributed by atoms with Gasteiger partial charge >= 0.3 is 0 Å². The van der Waals surface area contributed by atoms with Crippen molar-refractivity contribution in [2.24, 2.45) is 0 Å². The van der Waals surface area contributed by atoms with Gasteiger partial charge in [0.1, 0.15) is 5.75 Å². The van der Waals surface area contributed by atoms with Gasteiger partial charge in [0.2, 0.25) is 0 Å². The number of hydrogen-bond donors (Lipinski definition) is 3. The summed E-state index contributed by atoms with van der Waals surface area (Å²) < 4.78 is 44.9. The molecule has 2 unspecified atom stereocenters. The highest BCUT2D eigenvalue weighted by molar-refractivity contribution is 7.80. The first kappa shape index (κ1) is 11.9. The Kier molecular flexibility index (Phi) is 4.03. The van der Waals surface area contributed by atoms with Crippen LogP contribution in [0.4, 0.5) is 11.4 Å². The van der Waals surface area contributed by atoms with Gasteiger partial charge in [0.15, 0.2) is 0 Å². The quantitative estimate of drug-likeness (QED) is 0.504. The molecule has 1 aromatic carbocycles. The Balaban J connectivity index is 2.87. The lowest BCUT2D eigenvalue weighted by atomic mass is 10.3. The third-order valence-corrected chi connectivity index (χ3v) is 2.18. The molecule has 0 aliphatic heterocycles. The van der Waals surface area contributed by atoms with Crippen LogP contribution < -0.4 is 9.44 Å². The molecular formula is C6H6N2O5S2-2. The second kappa shape index (κ2) is 5.07. The predicted molar refractivity (Wildman–Crippen MR) is 53.2 cm³/mol. The van der Waals surface area contributed by atoms with Crippen molar-refractivity contribution in [2.75, 3.05) is 9.44 Å². The van der Waals surface area contributed by atoms with E-state index in [2.05, 4.69) is 0 Å². The molecule has 2 atom stereocenters. The van der Waals surface area contributed by atoms with Crippen LogP contribution in [0, 0.1) is 0 Å². The maximum Gasteiger partial charge on any atom is 0.141 e. The molecule has 0 aliphatic carbocycles. The summed E-state index contributed by atoms with van der Waals surface area (Å²) >= 11 is -5.04. The second-order valence-electron chi connectivity index (χ2n) is 2.41. The highest BCUT2D eigenvalue weighted by Crippen LogP contribution is 2.26. The van der Waals surface area contributed by atoms with Gasteiger partial charge in [0.25, 0.3) is 0 Å². The third kappa shape index (κ3) is 3.83. The molecule has 1 rings (SSSR count). The molecule has 7 nitrogen and oxygen atoms in total. The van der Waals surface area contributed by atoms with E-state index in [1.807, 2.05) is 9.44 Å². The molecule has 0 aromatic heterocycles. The van der Waals surface area contributed by atoms with E-state index in [0.29, 0.717) is 0 Å². The zero-order valence-corrected chi connectivity index (χ0v) is 8.76. The zero-order chi connectivity index (χ0) is 11.4. The van der Waals surface area contributed by atoms with Crippen molar-refractivity contribution in [1.29, 1.82) is 0 Å². The smallest absolute Gasteiger partial charge is 0.141 e. The van der Waals surface area contributed by atoms with Gasteiger partial charge in [-0.15, -0.1) is 0 Å². The van der Waals surface area contributed by atoms with E-state index in [9.17, 15) is 22.6 Å². The van der Waals surface area contributed by atoms with Crippen LogP contribution in [-0.2, 0) is 22.5 Å². The highest BCUT2D eigenvalue weighted by Gasteiger charge is 2.01. The average molecular weight is 250 g/mol. The van der Waals surface area contributed by atoms with Crippen LogP contribution in [0.2, 0.25) is 0 Å². The van der Waals surface area contributed by atoms with Gasteiger partial charge in [-0.1, -0.05) is 0 Å². The van der Waals surface area contributed by atoms with Crippen molar-refractivity contribution in [3.8, 4) is 5.75 Å². The largest absolute Gasteiger partial charge is 0.755 e. The van der Waals surface area contributed by atoms with E-state index >= 15 is 0 Å². The summed E-state index contributed by atoms with van der Waals surface area (Å²) in [4.78, 5) is 0. The monoisotopic (exact) mass is 250 g/mol. The number of benzene rings is 1. The first-order chi connectivity index (χ1) is 6.99. The average Bonchev–Trinajstić information content (AvgIpc) is 2.08. The van der Waals surface area contributed by atoms with Gasteiger partial charge < -0.3 is 23.7 Å². The molecule has 0 saturated heterocycles. The Morgan fingerprint density at radius 2 is 1.73 bits per heavy atom. The molecule has 0 heterocycles. The van der Waals surface area contributed by atoms with Crippen LogP contribution in [0.1, 0.15) is 0 Å². The standard InChI is InChI=1S/C6H8N2O5S2/c9-6-3-4(7-14(10)11)1-2-5(6)8-15(12)13/h1-3,7-9H,(H,10,11)(H,12,13)/p-2. The first-order valence-electron chi connectivity index (χ1n) is 3.54. The Morgan fingerprint density at radius 1 is 1.13 bits per heavy atom. The van der Waals surface area contributed by atoms with Crippen LogP contribution in [0.5, 0.6) is 5.75 Å². The lowest BCUT2D eigenvalue weighted by Gasteiger charge is -2.13. The summed E-state index contributed by atoms with van der Waals surface area (Å²) in [6.07, 6.45) is 0. The van der Waals surface area contributed by atoms with E-state index < -0.39 is 22.5 Å². The summed E-state index contributed by atoms with van der Waals surface area (Å²) in [5.74, 6) is -0.380. The molecule has 3 N–H and O–H groups in total. The van der Waals surface area contributed by atoms with E-state index in [-0.39, 0.29) is 17.1 Å². The molecule has 0 bridgehead atoms. The molecule has 0 aliphatic rings. The van der Waals surface area contributed by atoms with Crippen molar-refractivity contribution >= 4 is 33.9 Å². The van der Waals surface area contributed by atoms with E-state index in [1.54, 1.807) is 0 Å². The van der Waals surface area contributed by atoms with Crippen LogP contribution >= 0.6 is 0 Å². The minimum Gasteiger partial charge on any atom is -0.755 e. The molecular weight excluding hydrogens is 244 g/mol. The summed E-state index contributed by atoms with van der Waals surface area (Å²) in [5, 5.41) is 9.28.